The van der Waals surface area contributed by atoms with E-state index in [1.54, 1.807) is 0 Å². The topological polar surface area (TPSA) is 102 Å². The van der Waals surface area contributed by atoms with Crippen molar-refractivity contribution in [1.82, 2.24) is 10.3 Å². The average molecular weight is 291 g/mol. The summed E-state index contributed by atoms with van der Waals surface area (Å²) in [7, 11) is -3.61. The third kappa shape index (κ3) is 4.35. The number of primary sulfonamides is 1. The zero-order chi connectivity index (χ0) is 13.8. The van der Waals surface area contributed by atoms with E-state index in [0.29, 0.717) is 4.88 Å². The fraction of sp³-hybridized carbons (Fsp3) is 0.600. The van der Waals surface area contributed by atoms with Crippen molar-refractivity contribution in [3.8, 4) is 0 Å². The number of hydrogen-bond acceptors (Lipinski definition) is 5. The summed E-state index contributed by atoms with van der Waals surface area (Å²) in [6.45, 7) is 3.48. The van der Waals surface area contributed by atoms with Crippen molar-refractivity contribution >= 4 is 27.3 Å². The second-order valence-corrected chi connectivity index (χ2v) is 7.08. The maximum atomic E-state index is 11.7. The first kappa shape index (κ1) is 15.1. The van der Waals surface area contributed by atoms with Gasteiger partial charge in [-0.05, 0) is 19.8 Å². The van der Waals surface area contributed by atoms with Gasteiger partial charge < -0.3 is 5.32 Å². The van der Waals surface area contributed by atoms with E-state index < -0.39 is 15.3 Å². The van der Waals surface area contributed by atoms with E-state index in [4.69, 9.17) is 5.14 Å². The second kappa shape index (κ2) is 6.26. The Labute approximate surface area is 111 Å². The lowest BCUT2D eigenvalue weighted by Gasteiger charge is -2.09. The lowest BCUT2D eigenvalue weighted by atomic mass is 10.4. The Morgan fingerprint density at radius 1 is 1.61 bits per heavy atom. The minimum absolute atomic E-state index is 0.00131. The van der Waals surface area contributed by atoms with E-state index in [0.717, 1.165) is 17.8 Å². The molecule has 8 heteroatoms. The smallest absolute Gasteiger partial charge is 0.263 e. The number of aryl methyl sites for hydroxylation is 1. The second-order valence-electron chi connectivity index (χ2n) is 3.98. The van der Waals surface area contributed by atoms with E-state index in [9.17, 15) is 13.2 Å². The van der Waals surface area contributed by atoms with Crippen LogP contribution in [0.4, 0.5) is 0 Å². The van der Waals surface area contributed by atoms with Gasteiger partial charge in [-0.25, -0.2) is 18.5 Å². The van der Waals surface area contributed by atoms with Crippen LogP contribution < -0.4 is 10.5 Å². The first-order valence-electron chi connectivity index (χ1n) is 5.59. The zero-order valence-electron chi connectivity index (χ0n) is 10.3. The largest absolute Gasteiger partial charge is 0.350 e. The Morgan fingerprint density at radius 3 is 2.83 bits per heavy atom. The molecule has 102 valence electrons. The summed E-state index contributed by atoms with van der Waals surface area (Å²) in [6, 6.07) is 0. The molecule has 3 N–H and O–H groups in total. The van der Waals surface area contributed by atoms with Gasteiger partial charge in [0.05, 0.1) is 16.5 Å². The van der Waals surface area contributed by atoms with Crippen molar-refractivity contribution < 1.29 is 13.2 Å². The summed E-state index contributed by atoms with van der Waals surface area (Å²) in [4.78, 5) is 16.3. The monoisotopic (exact) mass is 291 g/mol. The van der Waals surface area contributed by atoms with E-state index in [2.05, 4.69) is 10.3 Å². The number of aromatic nitrogens is 1. The number of rotatable bonds is 6. The van der Waals surface area contributed by atoms with Crippen LogP contribution in [0.1, 0.15) is 34.9 Å². The summed E-state index contributed by atoms with van der Waals surface area (Å²) in [5.74, 6) is -0.314. The maximum Gasteiger partial charge on any atom is 0.263 e. The molecule has 1 heterocycles. The highest BCUT2D eigenvalue weighted by Gasteiger charge is 2.17. The average Bonchev–Trinajstić information content (AvgIpc) is 2.73. The molecule has 6 nitrogen and oxygen atoms in total. The third-order valence-corrected chi connectivity index (χ3v) is 4.70. The Morgan fingerprint density at radius 2 is 2.28 bits per heavy atom. The van der Waals surface area contributed by atoms with Crippen LogP contribution in [-0.2, 0) is 16.4 Å². The van der Waals surface area contributed by atoms with Gasteiger partial charge in [-0.2, -0.15) is 0 Å². The van der Waals surface area contributed by atoms with Gasteiger partial charge in [0.2, 0.25) is 10.0 Å². The normalized spacial score (nSPS) is 13.3. The van der Waals surface area contributed by atoms with Gasteiger partial charge >= 0.3 is 0 Å². The molecular weight excluding hydrogens is 274 g/mol. The number of carbonyl (C=O) groups is 1. The minimum Gasteiger partial charge on any atom is -0.350 e. The zero-order valence-corrected chi connectivity index (χ0v) is 12.0. The van der Waals surface area contributed by atoms with Crippen LogP contribution >= 0.6 is 11.3 Å². The summed E-state index contributed by atoms with van der Waals surface area (Å²) in [5, 5.41) is 7.60. The molecular formula is C10H17N3O3S2. The maximum absolute atomic E-state index is 11.7. The number of hydrogen-bond donors (Lipinski definition) is 2. The standard InChI is InChI=1S/C10H17N3O3S2/c1-3-4-9-12-6-8(17-9)10(14)13-5-7(2)18(11,15)16/h6-7H,3-5H2,1-2H3,(H,13,14)(H2,11,15,16)/t7-/m1/s1. The van der Waals surface area contributed by atoms with Crippen LogP contribution in [0.2, 0.25) is 0 Å². The lowest BCUT2D eigenvalue weighted by Crippen LogP contribution is -2.37. The molecule has 0 unspecified atom stereocenters. The van der Waals surface area contributed by atoms with Crippen LogP contribution in [-0.4, -0.2) is 31.1 Å². The molecule has 1 amide bonds. The van der Waals surface area contributed by atoms with Gasteiger partial charge in [0.25, 0.3) is 5.91 Å². The van der Waals surface area contributed by atoms with Crippen molar-refractivity contribution in [3.63, 3.8) is 0 Å². The molecule has 0 aromatic carbocycles. The summed E-state index contributed by atoms with van der Waals surface area (Å²) in [5.41, 5.74) is 0. The molecule has 0 bridgehead atoms. The molecule has 0 spiro atoms. The number of nitrogens with two attached hydrogens (primary N) is 1. The van der Waals surface area contributed by atoms with Crippen LogP contribution in [0.5, 0.6) is 0 Å². The van der Waals surface area contributed by atoms with Crippen molar-refractivity contribution in [2.24, 2.45) is 5.14 Å². The van der Waals surface area contributed by atoms with Gasteiger partial charge in [-0.3, -0.25) is 4.79 Å². The Balaban J connectivity index is 2.55. The van der Waals surface area contributed by atoms with Crippen molar-refractivity contribution in [2.45, 2.75) is 31.9 Å². The lowest BCUT2D eigenvalue weighted by molar-refractivity contribution is 0.0958. The first-order valence-corrected chi connectivity index (χ1v) is 8.01. The fourth-order valence-corrected chi connectivity index (χ4v) is 2.44. The van der Waals surface area contributed by atoms with E-state index in [-0.39, 0.29) is 12.5 Å². The van der Waals surface area contributed by atoms with Crippen LogP contribution in [0.3, 0.4) is 0 Å². The number of nitrogens with zero attached hydrogens (tertiary/aromatic N) is 1. The molecule has 0 aliphatic carbocycles. The molecule has 1 aromatic rings. The highest BCUT2D eigenvalue weighted by molar-refractivity contribution is 7.89. The summed E-state index contributed by atoms with van der Waals surface area (Å²) in [6.07, 6.45) is 3.31. The van der Waals surface area contributed by atoms with Crippen LogP contribution in [0.25, 0.3) is 0 Å². The van der Waals surface area contributed by atoms with Crippen molar-refractivity contribution in [3.05, 3.63) is 16.1 Å². The molecule has 0 fully saturated rings. The molecule has 0 aliphatic heterocycles. The predicted molar refractivity (Wildman–Crippen MR) is 71.0 cm³/mol. The first-order chi connectivity index (χ1) is 8.34. The Kier molecular flexibility index (Phi) is 5.24. The highest BCUT2D eigenvalue weighted by Crippen LogP contribution is 2.14. The van der Waals surface area contributed by atoms with Gasteiger partial charge in [0, 0.05) is 6.54 Å². The molecule has 0 saturated carbocycles. The van der Waals surface area contributed by atoms with Gasteiger partial charge in [-0.1, -0.05) is 6.92 Å². The highest BCUT2D eigenvalue weighted by atomic mass is 32.2. The van der Waals surface area contributed by atoms with Crippen molar-refractivity contribution in [1.29, 1.82) is 0 Å². The quantitative estimate of drug-likeness (QED) is 0.796. The SMILES string of the molecule is CCCc1ncc(C(=O)NC[C@@H](C)S(N)(=O)=O)s1. The minimum atomic E-state index is -3.61. The van der Waals surface area contributed by atoms with Gasteiger partial charge in [0.1, 0.15) is 4.88 Å². The fourth-order valence-electron chi connectivity index (χ4n) is 1.18. The predicted octanol–water partition coefficient (Wildman–Crippen LogP) is 0.502. The van der Waals surface area contributed by atoms with E-state index >= 15 is 0 Å². The Bertz CT molecular complexity index is 510. The molecule has 0 saturated heterocycles. The van der Waals surface area contributed by atoms with Gasteiger partial charge in [-0.15, -0.1) is 11.3 Å². The molecule has 18 heavy (non-hydrogen) atoms. The van der Waals surface area contributed by atoms with Crippen LogP contribution in [0, 0.1) is 0 Å². The van der Waals surface area contributed by atoms with Crippen LogP contribution in [0.15, 0.2) is 6.20 Å². The number of amides is 1. The molecule has 1 rings (SSSR count). The summed E-state index contributed by atoms with van der Waals surface area (Å²) >= 11 is 1.32. The number of thiazole rings is 1. The van der Waals surface area contributed by atoms with E-state index in [1.807, 2.05) is 6.92 Å². The number of sulfonamides is 1. The molecule has 1 atom stereocenters. The van der Waals surface area contributed by atoms with E-state index in [1.165, 1.54) is 24.5 Å². The summed E-state index contributed by atoms with van der Waals surface area (Å²) < 4.78 is 22.0. The Hall–Kier alpha value is -0.990. The molecule has 1 aromatic heterocycles. The number of carbonyl (C=O) groups excluding carboxylic acids is 1. The third-order valence-electron chi connectivity index (χ3n) is 2.35. The van der Waals surface area contributed by atoms with Gasteiger partial charge in [0.15, 0.2) is 0 Å². The molecule has 0 aliphatic rings. The van der Waals surface area contributed by atoms with Crippen molar-refractivity contribution in [2.75, 3.05) is 6.54 Å². The number of nitrogens with one attached hydrogen (secondary N) is 1. The molecule has 0 radical (unpaired) electrons.